The van der Waals surface area contributed by atoms with Crippen LogP contribution in [0.5, 0.6) is 0 Å². The van der Waals surface area contributed by atoms with E-state index < -0.39 is 5.91 Å². The highest BCUT2D eigenvalue weighted by Gasteiger charge is 2.14. The number of hydrogen-bond donors (Lipinski definition) is 3. The second kappa shape index (κ2) is 5.46. The van der Waals surface area contributed by atoms with Crippen LogP contribution in [-0.2, 0) is 4.79 Å². The molecule has 18 heavy (non-hydrogen) atoms. The molecular weight excluding hydrogens is 230 g/mol. The topological polar surface area (TPSA) is 84.2 Å². The van der Waals surface area contributed by atoms with Gasteiger partial charge in [0.05, 0.1) is 0 Å². The van der Waals surface area contributed by atoms with Gasteiger partial charge in [-0.05, 0) is 24.1 Å². The van der Waals surface area contributed by atoms with Crippen molar-refractivity contribution in [3.05, 3.63) is 41.5 Å². The zero-order chi connectivity index (χ0) is 13.0. The molecular formula is C13H15N3O2. The van der Waals surface area contributed by atoms with Gasteiger partial charge < -0.3 is 5.73 Å². The first kappa shape index (κ1) is 12.3. The third kappa shape index (κ3) is 3.18. The Kier molecular flexibility index (Phi) is 3.74. The number of nitrogens with one attached hydrogen (secondary N) is 2. The zero-order valence-electron chi connectivity index (χ0n) is 9.85. The molecule has 1 aliphatic rings. The van der Waals surface area contributed by atoms with Crippen molar-refractivity contribution in [1.82, 2.24) is 10.9 Å². The SMILES string of the molecule is NC(=O)c1ccc(/C=C/C2CCC(=O)NN2)cc1. The first-order chi connectivity index (χ1) is 8.65. The fraction of sp³-hybridized carbons (Fsp3) is 0.231. The van der Waals surface area contributed by atoms with Gasteiger partial charge in [-0.2, -0.15) is 0 Å². The van der Waals surface area contributed by atoms with Gasteiger partial charge in [0.15, 0.2) is 0 Å². The molecule has 0 bridgehead atoms. The molecule has 1 aromatic rings. The fourth-order valence-electron chi connectivity index (χ4n) is 1.72. The Morgan fingerprint density at radius 1 is 1.33 bits per heavy atom. The summed E-state index contributed by atoms with van der Waals surface area (Å²) in [6, 6.07) is 7.19. The Morgan fingerprint density at radius 3 is 2.61 bits per heavy atom. The average molecular weight is 245 g/mol. The molecule has 1 unspecified atom stereocenters. The Morgan fingerprint density at radius 2 is 2.06 bits per heavy atom. The lowest BCUT2D eigenvalue weighted by Gasteiger charge is -2.20. The lowest BCUT2D eigenvalue weighted by molar-refractivity contribution is -0.123. The minimum absolute atomic E-state index is 0.0189. The van der Waals surface area contributed by atoms with Crippen molar-refractivity contribution < 1.29 is 9.59 Å². The molecule has 0 spiro atoms. The number of amides is 2. The maximum Gasteiger partial charge on any atom is 0.248 e. The summed E-state index contributed by atoms with van der Waals surface area (Å²) in [4.78, 5) is 21.8. The molecule has 1 saturated heterocycles. The molecule has 0 saturated carbocycles. The van der Waals surface area contributed by atoms with E-state index in [0.717, 1.165) is 12.0 Å². The van der Waals surface area contributed by atoms with E-state index in [1.807, 2.05) is 24.3 Å². The van der Waals surface area contributed by atoms with E-state index in [0.29, 0.717) is 12.0 Å². The Labute approximate surface area is 105 Å². The Hall–Kier alpha value is -2.14. The van der Waals surface area contributed by atoms with Crippen molar-refractivity contribution >= 4 is 17.9 Å². The molecule has 5 nitrogen and oxygen atoms in total. The van der Waals surface area contributed by atoms with E-state index >= 15 is 0 Å². The quantitative estimate of drug-likeness (QED) is 0.728. The van der Waals surface area contributed by atoms with Gasteiger partial charge in [0, 0.05) is 18.0 Å². The normalized spacial score (nSPS) is 19.8. The fourth-order valence-corrected chi connectivity index (χ4v) is 1.72. The number of hydrazine groups is 1. The van der Waals surface area contributed by atoms with Crippen molar-refractivity contribution in [2.75, 3.05) is 0 Å². The average Bonchev–Trinajstić information content (AvgIpc) is 2.38. The number of benzene rings is 1. The highest BCUT2D eigenvalue weighted by Crippen LogP contribution is 2.09. The minimum atomic E-state index is -0.429. The van der Waals surface area contributed by atoms with Crippen molar-refractivity contribution in [2.45, 2.75) is 18.9 Å². The van der Waals surface area contributed by atoms with Crippen LogP contribution < -0.4 is 16.6 Å². The van der Waals surface area contributed by atoms with Crippen LogP contribution in [-0.4, -0.2) is 17.9 Å². The standard InChI is InChI=1S/C13H15N3O2/c14-13(18)10-4-1-9(2-5-10)3-6-11-7-8-12(17)16-15-11/h1-6,11,15H,7-8H2,(H2,14,18)(H,16,17)/b6-3+. The smallest absolute Gasteiger partial charge is 0.248 e. The van der Waals surface area contributed by atoms with Crippen LogP contribution in [0.25, 0.3) is 6.08 Å². The van der Waals surface area contributed by atoms with Gasteiger partial charge in [-0.3, -0.25) is 15.0 Å². The zero-order valence-corrected chi connectivity index (χ0v) is 9.85. The maximum atomic E-state index is 10.9. The summed E-state index contributed by atoms with van der Waals surface area (Å²) in [5.74, 6) is -0.410. The number of carbonyl (C=O) groups excluding carboxylic acids is 2. The van der Waals surface area contributed by atoms with Crippen LogP contribution in [0.2, 0.25) is 0 Å². The molecule has 1 aromatic carbocycles. The second-order valence-electron chi connectivity index (χ2n) is 4.18. The van der Waals surface area contributed by atoms with Crippen molar-refractivity contribution in [2.24, 2.45) is 5.73 Å². The third-order valence-corrected chi connectivity index (χ3v) is 2.80. The lowest BCUT2D eigenvalue weighted by atomic mass is 10.1. The van der Waals surface area contributed by atoms with Gasteiger partial charge in [-0.1, -0.05) is 24.3 Å². The van der Waals surface area contributed by atoms with Gasteiger partial charge in [0.25, 0.3) is 0 Å². The monoisotopic (exact) mass is 245 g/mol. The van der Waals surface area contributed by atoms with Gasteiger partial charge in [-0.15, -0.1) is 0 Å². The largest absolute Gasteiger partial charge is 0.366 e. The van der Waals surface area contributed by atoms with Crippen LogP contribution >= 0.6 is 0 Å². The van der Waals surface area contributed by atoms with Gasteiger partial charge in [0.1, 0.15) is 0 Å². The molecule has 2 rings (SSSR count). The molecule has 4 N–H and O–H groups in total. The van der Waals surface area contributed by atoms with Crippen LogP contribution in [0, 0.1) is 0 Å². The number of hydrogen-bond acceptors (Lipinski definition) is 3. The molecule has 1 heterocycles. The lowest BCUT2D eigenvalue weighted by Crippen LogP contribution is -2.48. The van der Waals surface area contributed by atoms with Crippen molar-refractivity contribution in [3.8, 4) is 0 Å². The van der Waals surface area contributed by atoms with Gasteiger partial charge in [0.2, 0.25) is 11.8 Å². The second-order valence-corrected chi connectivity index (χ2v) is 4.18. The number of carbonyl (C=O) groups is 2. The van der Waals surface area contributed by atoms with Gasteiger partial charge in [-0.25, -0.2) is 5.43 Å². The van der Waals surface area contributed by atoms with E-state index in [2.05, 4.69) is 10.9 Å². The summed E-state index contributed by atoms with van der Waals surface area (Å²) in [6.07, 6.45) is 5.24. The highest BCUT2D eigenvalue weighted by molar-refractivity contribution is 5.92. The predicted octanol–water partition coefficient (Wildman–Crippen LogP) is 0.582. The Bertz CT molecular complexity index is 470. The highest BCUT2D eigenvalue weighted by atomic mass is 16.2. The molecule has 5 heteroatoms. The van der Waals surface area contributed by atoms with E-state index in [-0.39, 0.29) is 11.9 Å². The molecule has 94 valence electrons. The molecule has 2 amide bonds. The molecule has 0 radical (unpaired) electrons. The minimum Gasteiger partial charge on any atom is -0.366 e. The molecule has 0 aliphatic carbocycles. The molecule has 1 atom stereocenters. The predicted molar refractivity (Wildman–Crippen MR) is 68.3 cm³/mol. The summed E-state index contributed by atoms with van der Waals surface area (Å²) in [5, 5.41) is 0. The molecule has 1 fully saturated rings. The maximum absolute atomic E-state index is 10.9. The number of rotatable bonds is 3. The first-order valence-electron chi connectivity index (χ1n) is 5.77. The summed E-state index contributed by atoms with van der Waals surface area (Å²) < 4.78 is 0. The van der Waals surface area contributed by atoms with Crippen LogP contribution in [0.4, 0.5) is 0 Å². The molecule has 0 aromatic heterocycles. The summed E-state index contributed by atoms with van der Waals surface area (Å²) in [5.41, 5.74) is 12.1. The van der Waals surface area contributed by atoms with Crippen LogP contribution in [0.3, 0.4) is 0 Å². The summed E-state index contributed by atoms with van der Waals surface area (Å²) in [6.45, 7) is 0. The van der Waals surface area contributed by atoms with E-state index in [1.165, 1.54) is 0 Å². The number of nitrogens with two attached hydrogens (primary N) is 1. The van der Waals surface area contributed by atoms with E-state index in [9.17, 15) is 9.59 Å². The van der Waals surface area contributed by atoms with Gasteiger partial charge >= 0.3 is 0 Å². The number of primary amides is 1. The Balaban J connectivity index is 1.96. The van der Waals surface area contributed by atoms with E-state index in [1.54, 1.807) is 12.1 Å². The van der Waals surface area contributed by atoms with Crippen LogP contribution in [0.1, 0.15) is 28.8 Å². The summed E-state index contributed by atoms with van der Waals surface area (Å²) >= 11 is 0. The van der Waals surface area contributed by atoms with Crippen LogP contribution in [0.15, 0.2) is 30.3 Å². The van der Waals surface area contributed by atoms with Crippen molar-refractivity contribution in [3.63, 3.8) is 0 Å². The third-order valence-electron chi connectivity index (χ3n) is 2.80. The van der Waals surface area contributed by atoms with Crippen molar-refractivity contribution in [1.29, 1.82) is 0 Å². The van der Waals surface area contributed by atoms with E-state index in [4.69, 9.17) is 5.73 Å². The first-order valence-corrected chi connectivity index (χ1v) is 5.77. The summed E-state index contributed by atoms with van der Waals surface area (Å²) in [7, 11) is 0. The molecule has 1 aliphatic heterocycles.